The van der Waals surface area contributed by atoms with Gasteiger partial charge in [-0.3, -0.25) is 4.98 Å². The van der Waals surface area contributed by atoms with E-state index in [2.05, 4.69) is 22.5 Å². The number of nitrogens with zero attached hydrogens (tertiary/aromatic N) is 1. The van der Waals surface area contributed by atoms with Crippen molar-refractivity contribution < 1.29 is 0 Å². The molecule has 1 aliphatic rings. The van der Waals surface area contributed by atoms with Crippen molar-refractivity contribution in [3.8, 4) is 0 Å². The van der Waals surface area contributed by atoms with Crippen LogP contribution in [0.4, 0.5) is 11.4 Å². The average molecular weight is 198 g/mol. The van der Waals surface area contributed by atoms with Crippen LogP contribution in [0.5, 0.6) is 0 Å². The molecular formula is C9H12ClN3. The minimum Gasteiger partial charge on any atom is -0.382 e. The van der Waals surface area contributed by atoms with Crippen LogP contribution in [-0.4, -0.2) is 17.6 Å². The van der Waals surface area contributed by atoms with Crippen molar-refractivity contribution in [3.63, 3.8) is 0 Å². The van der Waals surface area contributed by atoms with Crippen molar-refractivity contribution in [2.24, 2.45) is 0 Å². The normalized spacial score (nSPS) is 20.9. The zero-order valence-corrected chi connectivity index (χ0v) is 8.23. The highest BCUT2D eigenvalue weighted by Gasteiger charge is 2.13. The second-order valence-corrected chi connectivity index (χ2v) is 3.71. The Morgan fingerprint density at radius 1 is 1.54 bits per heavy atom. The Kier molecular flexibility index (Phi) is 2.27. The van der Waals surface area contributed by atoms with Crippen LogP contribution in [0.3, 0.4) is 0 Å². The highest BCUT2D eigenvalue weighted by atomic mass is 35.5. The first-order valence-electron chi connectivity index (χ1n) is 4.41. The topological polar surface area (TPSA) is 37.0 Å². The average Bonchev–Trinajstić information content (AvgIpc) is 2.28. The van der Waals surface area contributed by atoms with E-state index in [1.165, 1.54) is 0 Å². The van der Waals surface area contributed by atoms with Gasteiger partial charge in [-0.1, -0.05) is 11.6 Å². The Morgan fingerprint density at radius 2 is 2.38 bits per heavy atom. The molecule has 0 amide bonds. The van der Waals surface area contributed by atoms with E-state index < -0.39 is 0 Å². The number of aromatic nitrogens is 1. The summed E-state index contributed by atoms with van der Waals surface area (Å²) in [6.07, 6.45) is 4.55. The van der Waals surface area contributed by atoms with Crippen molar-refractivity contribution in [2.75, 3.05) is 17.2 Å². The summed E-state index contributed by atoms with van der Waals surface area (Å²) >= 11 is 6.02. The van der Waals surface area contributed by atoms with Gasteiger partial charge in [0.05, 0.1) is 22.6 Å². The molecule has 1 aromatic heterocycles. The summed E-state index contributed by atoms with van der Waals surface area (Å²) in [6.45, 7) is 3.11. The quantitative estimate of drug-likeness (QED) is 0.671. The molecule has 2 rings (SSSR count). The van der Waals surface area contributed by atoms with Crippen LogP contribution in [-0.2, 0) is 0 Å². The zero-order chi connectivity index (χ0) is 9.26. The van der Waals surface area contributed by atoms with Crippen molar-refractivity contribution in [1.82, 2.24) is 4.98 Å². The number of rotatable bonds is 0. The van der Waals surface area contributed by atoms with Gasteiger partial charge in [-0.25, -0.2) is 0 Å². The van der Waals surface area contributed by atoms with Crippen LogP contribution in [0.1, 0.15) is 13.3 Å². The number of fused-ring (bicyclic) bond motifs is 1. The van der Waals surface area contributed by atoms with E-state index in [4.69, 9.17) is 11.6 Å². The summed E-state index contributed by atoms with van der Waals surface area (Å²) in [5.74, 6) is 0. The first kappa shape index (κ1) is 8.63. The maximum absolute atomic E-state index is 6.02. The highest BCUT2D eigenvalue weighted by Crippen LogP contribution is 2.31. The number of anilines is 2. The lowest BCUT2D eigenvalue weighted by Gasteiger charge is -2.12. The molecule has 0 bridgehead atoms. The minimum atomic E-state index is 0.452. The van der Waals surface area contributed by atoms with Crippen LogP contribution >= 0.6 is 11.6 Å². The molecule has 1 unspecified atom stereocenters. The summed E-state index contributed by atoms with van der Waals surface area (Å²) in [4.78, 5) is 4.03. The number of pyridine rings is 1. The molecule has 1 aliphatic heterocycles. The van der Waals surface area contributed by atoms with Crippen LogP contribution in [0.25, 0.3) is 0 Å². The Labute approximate surface area is 82.5 Å². The molecule has 0 aromatic carbocycles. The Morgan fingerprint density at radius 3 is 3.23 bits per heavy atom. The molecule has 0 radical (unpaired) electrons. The molecule has 1 atom stereocenters. The van der Waals surface area contributed by atoms with Crippen LogP contribution in [0.2, 0.25) is 5.02 Å². The second-order valence-electron chi connectivity index (χ2n) is 3.30. The molecule has 2 heterocycles. The molecule has 0 saturated carbocycles. The van der Waals surface area contributed by atoms with E-state index in [1.54, 1.807) is 12.4 Å². The molecular weight excluding hydrogens is 186 g/mol. The van der Waals surface area contributed by atoms with Crippen molar-refractivity contribution in [1.29, 1.82) is 0 Å². The number of nitrogens with one attached hydrogen (secondary N) is 2. The monoisotopic (exact) mass is 197 g/mol. The highest BCUT2D eigenvalue weighted by molar-refractivity contribution is 6.33. The van der Waals surface area contributed by atoms with Gasteiger partial charge >= 0.3 is 0 Å². The fourth-order valence-electron chi connectivity index (χ4n) is 1.46. The van der Waals surface area contributed by atoms with Gasteiger partial charge in [-0.15, -0.1) is 0 Å². The summed E-state index contributed by atoms with van der Waals surface area (Å²) in [7, 11) is 0. The lowest BCUT2D eigenvalue weighted by Crippen LogP contribution is -2.14. The molecule has 70 valence electrons. The van der Waals surface area contributed by atoms with Gasteiger partial charge in [0.15, 0.2) is 0 Å². The third-order valence-electron chi connectivity index (χ3n) is 2.18. The van der Waals surface area contributed by atoms with Gasteiger partial charge < -0.3 is 10.6 Å². The Bertz CT molecular complexity index is 314. The van der Waals surface area contributed by atoms with Gasteiger partial charge in [-0.2, -0.15) is 0 Å². The summed E-state index contributed by atoms with van der Waals surface area (Å²) < 4.78 is 0. The molecule has 0 aliphatic carbocycles. The minimum absolute atomic E-state index is 0.452. The number of hydrogen-bond donors (Lipinski definition) is 2. The predicted molar refractivity (Wildman–Crippen MR) is 55.4 cm³/mol. The fraction of sp³-hybridized carbons (Fsp3) is 0.444. The third-order valence-corrected chi connectivity index (χ3v) is 2.47. The maximum atomic E-state index is 6.02. The summed E-state index contributed by atoms with van der Waals surface area (Å²) in [5.41, 5.74) is 1.97. The van der Waals surface area contributed by atoms with E-state index >= 15 is 0 Å². The zero-order valence-electron chi connectivity index (χ0n) is 7.47. The summed E-state index contributed by atoms with van der Waals surface area (Å²) in [5, 5.41) is 7.32. The molecule has 4 heteroatoms. The lowest BCUT2D eigenvalue weighted by molar-refractivity contribution is 0.745. The summed E-state index contributed by atoms with van der Waals surface area (Å²) in [6, 6.07) is 0.452. The van der Waals surface area contributed by atoms with Crippen LogP contribution in [0.15, 0.2) is 12.4 Å². The van der Waals surface area contributed by atoms with E-state index in [0.29, 0.717) is 11.1 Å². The largest absolute Gasteiger partial charge is 0.382 e. The predicted octanol–water partition coefficient (Wildman–Crippen LogP) is 2.35. The van der Waals surface area contributed by atoms with E-state index in [9.17, 15) is 0 Å². The van der Waals surface area contributed by atoms with Crippen molar-refractivity contribution >= 4 is 23.0 Å². The standard InChI is InChI=1S/C9H12ClN3/c1-6-2-3-12-8-5-11-4-7(10)9(8)13-6/h4-6,12-13H,2-3H2,1H3. The number of halogens is 1. The first-order chi connectivity index (χ1) is 6.27. The Hall–Kier alpha value is -0.960. The molecule has 1 aromatic rings. The second kappa shape index (κ2) is 3.42. The smallest absolute Gasteiger partial charge is 0.0842 e. The van der Waals surface area contributed by atoms with E-state index in [0.717, 1.165) is 24.3 Å². The third kappa shape index (κ3) is 1.70. The molecule has 13 heavy (non-hydrogen) atoms. The lowest BCUT2D eigenvalue weighted by atomic mass is 10.2. The van der Waals surface area contributed by atoms with E-state index in [-0.39, 0.29) is 0 Å². The van der Waals surface area contributed by atoms with Crippen LogP contribution in [0, 0.1) is 0 Å². The van der Waals surface area contributed by atoms with Crippen molar-refractivity contribution in [2.45, 2.75) is 19.4 Å². The SMILES string of the molecule is CC1CCNc2cncc(Cl)c2N1. The number of hydrogen-bond acceptors (Lipinski definition) is 3. The van der Waals surface area contributed by atoms with Gasteiger partial charge in [0.1, 0.15) is 0 Å². The van der Waals surface area contributed by atoms with Gasteiger partial charge in [0.25, 0.3) is 0 Å². The maximum Gasteiger partial charge on any atom is 0.0842 e. The Balaban J connectivity index is 2.40. The molecule has 3 nitrogen and oxygen atoms in total. The molecule has 0 saturated heterocycles. The van der Waals surface area contributed by atoms with Crippen molar-refractivity contribution in [3.05, 3.63) is 17.4 Å². The molecule has 2 N–H and O–H groups in total. The molecule has 0 spiro atoms. The van der Waals surface area contributed by atoms with Gasteiger partial charge in [0.2, 0.25) is 0 Å². The first-order valence-corrected chi connectivity index (χ1v) is 4.79. The fourth-order valence-corrected chi connectivity index (χ4v) is 1.67. The van der Waals surface area contributed by atoms with Gasteiger partial charge in [-0.05, 0) is 13.3 Å². The van der Waals surface area contributed by atoms with Crippen LogP contribution < -0.4 is 10.6 Å². The van der Waals surface area contributed by atoms with Gasteiger partial charge in [0, 0.05) is 18.8 Å². The molecule has 0 fully saturated rings. The van der Waals surface area contributed by atoms with E-state index in [1.807, 2.05) is 0 Å².